The van der Waals surface area contributed by atoms with Crippen LogP contribution < -0.4 is 10.6 Å². The van der Waals surface area contributed by atoms with Crippen LogP contribution in [0.2, 0.25) is 0 Å². The van der Waals surface area contributed by atoms with Gasteiger partial charge in [-0.2, -0.15) is 0 Å². The number of benzene rings is 2. The van der Waals surface area contributed by atoms with Crippen LogP contribution in [0.15, 0.2) is 54.6 Å². The number of nitrogens with two attached hydrogens (primary N) is 1. The molecule has 1 aliphatic heterocycles. The minimum atomic E-state index is 0.0820. The first-order valence-electron chi connectivity index (χ1n) is 8.10. The van der Waals surface area contributed by atoms with E-state index >= 15 is 0 Å². The van der Waals surface area contributed by atoms with Crippen LogP contribution in [0.25, 0.3) is 0 Å². The Bertz CT molecular complexity index is 587. The van der Waals surface area contributed by atoms with Gasteiger partial charge in [0.15, 0.2) is 0 Å². The minimum absolute atomic E-state index is 0.0820. The molecular formula is C19H25N3. The number of nitrogens with zero attached hydrogens (tertiary/aromatic N) is 2. The minimum Gasteiger partial charge on any atom is -0.369 e. The third kappa shape index (κ3) is 3.49. The van der Waals surface area contributed by atoms with Gasteiger partial charge in [-0.3, -0.25) is 4.90 Å². The predicted octanol–water partition coefficient (Wildman–Crippen LogP) is 3.03. The number of para-hydroxylation sites is 1. The number of piperazine rings is 1. The second-order valence-corrected chi connectivity index (χ2v) is 6.10. The highest BCUT2D eigenvalue weighted by molar-refractivity contribution is 5.55. The molecule has 0 amide bonds. The van der Waals surface area contributed by atoms with Crippen molar-refractivity contribution in [2.45, 2.75) is 19.5 Å². The van der Waals surface area contributed by atoms with Crippen molar-refractivity contribution in [3.63, 3.8) is 0 Å². The van der Waals surface area contributed by atoms with Gasteiger partial charge in [-0.15, -0.1) is 0 Å². The van der Waals surface area contributed by atoms with E-state index in [-0.39, 0.29) is 6.04 Å². The van der Waals surface area contributed by atoms with Gasteiger partial charge >= 0.3 is 0 Å². The van der Waals surface area contributed by atoms with Gasteiger partial charge in [0.2, 0.25) is 0 Å². The first-order valence-corrected chi connectivity index (χ1v) is 8.10. The maximum Gasteiger partial charge on any atom is 0.0415 e. The predicted molar refractivity (Wildman–Crippen MR) is 93.0 cm³/mol. The van der Waals surface area contributed by atoms with E-state index in [0.29, 0.717) is 0 Å². The second-order valence-electron chi connectivity index (χ2n) is 6.10. The maximum absolute atomic E-state index is 6.11. The standard InChI is InChI=1S/C19H25N3/c1-16(20)18-9-5-6-10-19(18)22-13-11-21(12-14-22)15-17-7-3-2-4-8-17/h2-10,16H,11-15,20H2,1H3. The smallest absolute Gasteiger partial charge is 0.0415 e. The van der Waals surface area contributed by atoms with Crippen molar-refractivity contribution in [2.24, 2.45) is 5.73 Å². The zero-order chi connectivity index (χ0) is 15.4. The Labute approximate surface area is 133 Å². The Morgan fingerprint density at radius 2 is 1.55 bits per heavy atom. The molecule has 1 heterocycles. The summed E-state index contributed by atoms with van der Waals surface area (Å²) in [6.07, 6.45) is 0. The lowest BCUT2D eigenvalue weighted by molar-refractivity contribution is 0.249. The van der Waals surface area contributed by atoms with Crippen molar-refractivity contribution < 1.29 is 0 Å². The molecule has 0 aliphatic carbocycles. The largest absolute Gasteiger partial charge is 0.369 e. The fourth-order valence-electron chi connectivity index (χ4n) is 3.15. The summed E-state index contributed by atoms with van der Waals surface area (Å²) in [4.78, 5) is 5.00. The summed E-state index contributed by atoms with van der Waals surface area (Å²) >= 11 is 0. The van der Waals surface area contributed by atoms with Crippen LogP contribution in [0.1, 0.15) is 24.1 Å². The summed E-state index contributed by atoms with van der Waals surface area (Å²) in [5.41, 5.74) is 10.1. The van der Waals surface area contributed by atoms with E-state index in [1.165, 1.54) is 16.8 Å². The van der Waals surface area contributed by atoms with E-state index in [4.69, 9.17) is 5.73 Å². The van der Waals surface area contributed by atoms with Gasteiger partial charge in [0.05, 0.1) is 0 Å². The van der Waals surface area contributed by atoms with Crippen molar-refractivity contribution in [1.29, 1.82) is 0 Å². The van der Waals surface area contributed by atoms with Gasteiger partial charge in [0, 0.05) is 44.5 Å². The van der Waals surface area contributed by atoms with Gasteiger partial charge in [-0.05, 0) is 24.1 Å². The lowest BCUT2D eigenvalue weighted by atomic mass is 10.1. The number of anilines is 1. The van der Waals surface area contributed by atoms with E-state index in [9.17, 15) is 0 Å². The fraction of sp³-hybridized carbons (Fsp3) is 0.368. The summed E-state index contributed by atoms with van der Waals surface area (Å²) in [6.45, 7) is 7.44. The summed E-state index contributed by atoms with van der Waals surface area (Å²) in [6, 6.07) is 19.3. The van der Waals surface area contributed by atoms with Gasteiger partial charge in [-0.1, -0.05) is 48.5 Å². The lowest BCUT2D eigenvalue weighted by Crippen LogP contribution is -2.46. The zero-order valence-electron chi connectivity index (χ0n) is 13.3. The van der Waals surface area contributed by atoms with Crippen LogP contribution in [0, 0.1) is 0 Å². The molecular weight excluding hydrogens is 270 g/mol. The molecule has 3 rings (SSSR count). The molecule has 1 saturated heterocycles. The van der Waals surface area contributed by atoms with Crippen molar-refractivity contribution in [3.8, 4) is 0 Å². The second kappa shape index (κ2) is 6.95. The van der Waals surface area contributed by atoms with E-state index < -0.39 is 0 Å². The third-order valence-corrected chi connectivity index (χ3v) is 4.39. The molecule has 1 aliphatic rings. The van der Waals surface area contributed by atoms with Crippen molar-refractivity contribution >= 4 is 5.69 Å². The fourth-order valence-corrected chi connectivity index (χ4v) is 3.15. The molecule has 116 valence electrons. The SMILES string of the molecule is CC(N)c1ccccc1N1CCN(Cc2ccccc2)CC1. The molecule has 2 aromatic carbocycles. The normalized spacial score (nSPS) is 17.5. The van der Waals surface area contributed by atoms with Crippen LogP contribution in [-0.2, 0) is 6.54 Å². The highest BCUT2D eigenvalue weighted by Crippen LogP contribution is 2.26. The van der Waals surface area contributed by atoms with Crippen LogP contribution in [0.5, 0.6) is 0 Å². The molecule has 2 N–H and O–H groups in total. The zero-order valence-corrected chi connectivity index (χ0v) is 13.3. The Balaban J connectivity index is 1.62. The Morgan fingerprint density at radius 3 is 2.23 bits per heavy atom. The Kier molecular flexibility index (Phi) is 4.76. The van der Waals surface area contributed by atoms with Crippen LogP contribution in [-0.4, -0.2) is 31.1 Å². The van der Waals surface area contributed by atoms with E-state index in [0.717, 1.165) is 32.7 Å². The van der Waals surface area contributed by atoms with Crippen molar-refractivity contribution in [2.75, 3.05) is 31.1 Å². The van der Waals surface area contributed by atoms with E-state index in [2.05, 4.69) is 71.3 Å². The van der Waals surface area contributed by atoms with Crippen LogP contribution >= 0.6 is 0 Å². The first kappa shape index (κ1) is 15.1. The van der Waals surface area contributed by atoms with Gasteiger partial charge in [-0.25, -0.2) is 0 Å². The molecule has 0 spiro atoms. The molecule has 2 aromatic rings. The van der Waals surface area contributed by atoms with E-state index in [1.807, 2.05) is 0 Å². The molecule has 3 nitrogen and oxygen atoms in total. The average Bonchev–Trinajstić information content (AvgIpc) is 2.56. The molecule has 22 heavy (non-hydrogen) atoms. The summed E-state index contributed by atoms with van der Waals surface area (Å²) in [7, 11) is 0. The highest BCUT2D eigenvalue weighted by Gasteiger charge is 2.19. The van der Waals surface area contributed by atoms with E-state index in [1.54, 1.807) is 0 Å². The summed E-state index contributed by atoms with van der Waals surface area (Å²) in [5, 5.41) is 0. The topological polar surface area (TPSA) is 32.5 Å². The molecule has 0 bridgehead atoms. The molecule has 1 unspecified atom stereocenters. The quantitative estimate of drug-likeness (QED) is 0.941. The van der Waals surface area contributed by atoms with Crippen molar-refractivity contribution in [3.05, 3.63) is 65.7 Å². The van der Waals surface area contributed by atoms with Crippen LogP contribution in [0.3, 0.4) is 0 Å². The summed E-state index contributed by atoms with van der Waals surface area (Å²) in [5.74, 6) is 0. The first-order chi connectivity index (χ1) is 10.7. The molecule has 1 atom stereocenters. The number of hydrogen-bond donors (Lipinski definition) is 1. The molecule has 0 saturated carbocycles. The van der Waals surface area contributed by atoms with Crippen LogP contribution in [0.4, 0.5) is 5.69 Å². The number of rotatable bonds is 4. The number of hydrogen-bond acceptors (Lipinski definition) is 3. The van der Waals surface area contributed by atoms with Gasteiger partial charge < -0.3 is 10.6 Å². The van der Waals surface area contributed by atoms with Crippen molar-refractivity contribution in [1.82, 2.24) is 4.90 Å². The Morgan fingerprint density at radius 1 is 0.909 bits per heavy atom. The molecule has 1 fully saturated rings. The third-order valence-electron chi connectivity index (χ3n) is 4.39. The monoisotopic (exact) mass is 295 g/mol. The lowest BCUT2D eigenvalue weighted by Gasteiger charge is -2.37. The summed E-state index contributed by atoms with van der Waals surface area (Å²) < 4.78 is 0. The molecule has 0 aromatic heterocycles. The van der Waals surface area contributed by atoms with Gasteiger partial charge in [0.25, 0.3) is 0 Å². The average molecular weight is 295 g/mol. The molecule has 3 heteroatoms. The Hall–Kier alpha value is -1.84. The highest BCUT2D eigenvalue weighted by atomic mass is 15.3. The maximum atomic E-state index is 6.11. The molecule has 0 radical (unpaired) electrons. The van der Waals surface area contributed by atoms with Gasteiger partial charge in [0.1, 0.15) is 0 Å².